The minimum absolute atomic E-state index is 0.0225. The number of aromatic carboxylic acids is 1. The first-order chi connectivity index (χ1) is 19.2. The highest BCUT2D eigenvalue weighted by Gasteiger charge is 2.23. The van der Waals surface area contributed by atoms with E-state index in [0.717, 1.165) is 22.2 Å². The van der Waals surface area contributed by atoms with Gasteiger partial charge in [-0.25, -0.2) is 4.79 Å². The third kappa shape index (κ3) is 6.94. The van der Waals surface area contributed by atoms with Crippen molar-refractivity contribution in [2.24, 2.45) is 0 Å². The van der Waals surface area contributed by atoms with E-state index in [1.165, 1.54) is 5.56 Å². The number of rotatable bonds is 13. The molecule has 2 N–H and O–H groups in total. The third-order valence-electron chi connectivity index (χ3n) is 6.59. The number of aromatic nitrogens is 1. The van der Waals surface area contributed by atoms with Crippen LogP contribution in [-0.4, -0.2) is 56.3 Å². The summed E-state index contributed by atoms with van der Waals surface area (Å²) in [4.78, 5) is 12.7. The lowest BCUT2D eigenvalue weighted by atomic mass is 9.87. The summed E-state index contributed by atoms with van der Waals surface area (Å²) in [6, 6.07) is 21.4. The first-order valence-corrected chi connectivity index (χ1v) is 13.3. The zero-order chi connectivity index (χ0) is 28.7. The molecular weight excluding hydrogens is 508 g/mol. The van der Waals surface area contributed by atoms with Crippen LogP contribution in [-0.2, 0) is 21.4 Å². The van der Waals surface area contributed by atoms with E-state index in [2.05, 4.69) is 38.2 Å². The van der Waals surface area contributed by atoms with Crippen LogP contribution in [0.4, 0.5) is 11.4 Å². The van der Waals surface area contributed by atoms with E-state index >= 15 is 0 Å². The molecule has 0 radical (unpaired) electrons. The summed E-state index contributed by atoms with van der Waals surface area (Å²) >= 11 is 0. The molecule has 0 saturated carbocycles. The predicted molar refractivity (Wildman–Crippen MR) is 158 cm³/mol. The van der Waals surface area contributed by atoms with Gasteiger partial charge in [0.2, 0.25) is 0 Å². The summed E-state index contributed by atoms with van der Waals surface area (Å²) in [5.74, 6) is 0.217. The normalized spacial score (nSPS) is 11.5. The zero-order valence-electron chi connectivity index (χ0n) is 23.8. The number of hydrogen-bond donors (Lipinski definition) is 2. The standard InChI is InChI=1S/C32H38N2O6/c1-32(2,3)23-10-12-24(13-11-23)33-29-27-8-6-7-9-28(27)34(30(29)31(35)36)21-22-18-25(39-16-14-37-4)20-26(19-22)40-17-15-38-5/h6-13,18-20,33H,14-17,21H2,1-5H3,(H,35,36). The highest BCUT2D eigenvalue weighted by atomic mass is 16.5. The first kappa shape index (κ1) is 29.0. The van der Waals surface area contributed by atoms with Gasteiger partial charge >= 0.3 is 5.97 Å². The number of methoxy groups -OCH3 is 2. The average Bonchev–Trinajstić information content (AvgIpc) is 3.22. The Morgan fingerprint density at radius 1 is 0.850 bits per heavy atom. The van der Waals surface area contributed by atoms with Gasteiger partial charge < -0.3 is 33.9 Å². The van der Waals surface area contributed by atoms with Crippen molar-refractivity contribution >= 4 is 28.2 Å². The van der Waals surface area contributed by atoms with Gasteiger partial charge in [0, 0.05) is 37.9 Å². The second kappa shape index (κ2) is 12.9. The molecule has 212 valence electrons. The van der Waals surface area contributed by atoms with Crippen LogP contribution in [0.1, 0.15) is 42.4 Å². The summed E-state index contributed by atoms with van der Waals surface area (Å²) in [5, 5.41) is 14.6. The topological polar surface area (TPSA) is 91.2 Å². The molecule has 1 heterocycles. The molecule has 40 heavy (non-hydrogen) atoms. The summed E-state index contributed by atoms with van der Waals surface area (Å²) < 4.78 is 23.8. The highest BCUT2D eigenvalue weighted by Crippen LogP contribution is 2.35. The lowest BCUT2D eigenvalue weighted by molar-refractivity contribution is 0.0687. The van der Waals surface area contributed by atoms with E-state index in [1.807, 2.05) is 59.2 Å². The summed E-state index contributed by atoms with van der Waals surface area (Å²) in [7, 11) is 3.24. The lowest BCUT2D eigenvalue weighted by Crippen LogP contribution is -2.12. The van der Waals surface area contributed by atoms with Crippen molar-refractivity contribution in [1.29, 1.82) is 0 Å². The van der Waals surface area contributed by atoms with Crippen molar-refractivity contribution < 1.29 is 28.8 Å². The number of carbonyl (C=O) groups is 1. The maximum Gasteiger partial charge on any atom is 0.354 e. The molecule has 4 aromatic rings. The van der Waals surface area contributed by atoms with Crippen LogP contribution >= 0.6 is 0 Å². The molecule has 0 bridgehead atoms. The molecule has 0 spiro atoms. The van der Waals surface area contributed by atoms with Gasteiger partial charge in [-0.3, -0.25) is 0 Å². The van der Waals surface area contributed by atoms with Crippen molar-refractivity contribution in [2.75, 3.05) is 46.0 Å². The molecule has 8 heteroatoms. The predicted octanol–water partition coefficient (Wildman–Crippen LogP) is 6.48. The Kier molecular flexibility index (Phi) is 9.34. The van der Waals surface area contributed by atoms with Crippen molar-refractivity contribution in [1.82, 2.24) is 4.57 Å². The van der Waals surface area contributed by atoms with Gasteiger partial charge in [0.25, 0.3) is 0 Å². The molecule has 0 saturated heterocycles. The van der Waals surface area contributed by atoms with Gasteiger partial charge in [0.1, 0.15) is 24.7 Å². The molecule has 0 aliphatic heterocycles. The van der Waals surface area contributed by atoms with E-state index < -0.39 is 5.97 Å². The zero-order valence-corrected chi connectivity index (χ0v) is 23.8. The van der Waals surface area contributed by atoms with E-state index in [9.17, 15) is 9.90 Å². The number of benzene rings is 3. The number of carboxylic acids is 1. The van der Waals surface area contributed by atoms with E-state index in [0.29, 0.717) is 50.2 Å². The molecule has 0 amide bonds. The average molecular weight is 547 g/mol. The van der Waals surface area contributed by atoms with Gasteiger partial charge in [-0.2, -0.15) is 0 Å². The minimum atomic E-state index is -1.02. The maximum absolute atomic E-state index is 12.7. The van der Waals surface area contributed by atoms with Gasteiger partial charge in [0.15, 0.2) is 5.69 Å². The fraction of sp³-hybridized carbons (Fsp3) is 0.344. The SMILES string of the molecule is COCCOc1cc(Cn2c(C(=O)O)c(Nc3ccc(C(C)(C)C)cc3)c3ccccc32)cc(OCCOC)c1. The highest BCUT2D eigenvalue weighted by molar-refractivity contribution is 6.07. The molecule has 8 nitrogen and oxygen atoms in total. The van der Waals surface area contributed by atoms with Crippen LogP contribution in [0.25, 0.3) is 10.9 Å². The van der Waals surface area contributed by atoms with Crippen LogP contribution in [0, 0.1) is 0 Å². The first-order valence-electron chi connectivity index (χ1n) is 13.3. The third-order valence-corrected chi connectivity index (χ3v) is 6.59. The molecule has 3 aromatic carbocycles. The summed E-state index contributed by atoms with van der Waals surface area (Å²) in [6.07, 6.45) is 0. The Morgan fingerprint density at radius 3 is 2.00 bits per heavy atom. The minimum Gasteiger partial charge on any atom is -0.491 e. The largest absolute Gasteiger partial charge is 0.491 e. The second-order valence-electron chi connectivity index (χ2n) is 10.6. The van der Waals surface area contributed by atoms with Crippen LogP contribution in [0.2, 0.25) is 0 Å². The van der Waals surface area contributed by atoms with Crippen LogP contribution in [0.3, 0.4) is 0 Å². The summed E-state index contributed by atoms with van der Waals surface area (Å²) in [6.45, 7) is 8.45. The van der Waals surface area contributed by atoms with Gasteiger partial charge in [-0.05, 0) is 46.9 Å². The monoisotopic (exact) mass is 546 g/mol. The Hall–Kier alpha value is -4.01. The number of carboxylic acid groups (broad SMARTS) is 1. The number of fused-ring (bicyclic) bond motifs is 1. The van der Waals surface area contributed by atoms with Crippen LogP contribution in [0.15, 0.2) is 66.7 Å². The molecule has 0 aliphatic carbocycles. The number of anilines is 2. The Bertz CT molecular complexity index is 1410. The van der Waals surface area contributed by atoms with Crippen LogP contribution in [0.5, 0.6) is 11.5 Å². The summed E-state index contributed by atoms with van der Waals surface area (Å²) in [5.41, 5.74) is 4.42. The Labute approximate surface area is 235 Å². The molecule has 0 fully saturated rings. The van der Waals surface area contributed by atoms with Gasteiger partial charge in [0.05, 0.1) is 24.4 Å². The molecule has 4 rings (SSSR count). The Morgan fingerprint density at radius 2 is 1.45 bits per heavy atom. The fourth-order valence-corrected chi connectivity index (χ4v) is 4.57. The van der Waals surface area contributed by atoms with Gasteiger partial charge in [-0.1, -0.05) is 51.1 Å². The number of para-hydroxylation sites is 1. The molecule has 1 aromatic heterocycles. The molecular formula is C32H38N2O6. The van der Waals surface area contributed by atoms with E-state index in [-0.39, 0.29) is 11.1 Å². The van der Waals surface area contributed by atoms with Crippen molar-refractivity contribution in [3.8, 4) is 11.5 Å². The molecule has 0 unspecified atom stereocenters. The number of hydrogen-bond acceptors (Lipinski definition) is 6. The number of nitrogens with one attached hydrogen (secondary N) is 1. The number of nitrogens with zero attached hydrogens (tertiary/aromatic N) is 1. The molecule has 0 aliphatic rings. The van der Waals surface area contributed by atoms with Crippen molar-refractivity contribution in [2.45, 2.75) is 32.7 Å². The van der Waals surface area contributed by atoms with Crippen molar-refractivity contribution in [3.05, 3.63) is 83.6 Å². The quantitative estimate of drug-likeness (QED) is 0.186. The lowest BCUT2D eigenvalue weighted by Gasteiger charge is -2.19. The molecule has 0 atom stereocenters. The fourth-order valence-electron chi connectivity index (χ4n) is 4.57. The number of ether oxygens (including phenoxy) is 4. The van der Waals surface area contributed by atoms with E-state index in [4.69, 9.17) is 18.9 Å². The maximum atomic E-state index is 12.7. The van der Waals surface area contributed by atoms with Crippen molar-refractivity contribution in [3.63, 3.8) is 0 Å². The van der Waals surface area contributed by atoms with E-state index in [1.54, 1.807) is 14.2 Å². The van der Waals surface area contributed by atoms with Gasteiger partial charge in [-0.15, -0.1) is 0 Å². The Balaban J connectivity index is 1.74. The second-order valence-corrected chi connectivity index (χ2v) is 10.6. The smallest absolute Gasteiger partial charge is 0.354 e. The van der Waals surface area contributed by atoms with Crippen LogP contribution < -0.4 is 14.8 Å².